The van der Waals surface area contributed by atoms with E-state index in [2.05, 4.69) is 25.5 Å². The van der Waals surface area contributed by atoms with Crippen LogP contribution in [0, 0.1) is 0 Å². The van der Waals surface area contributed by atoms with Crippen molar-refractivity contribution in [2.75, 3.05) is 5.32 Å². The average Bonchev–Trinajstić information content (AvgIpc) is 3.19. The quantitative estimate of drug-likeness (QED) is 0.707. The van der Waals surface area contributed by atoms with Crippen LogP contribution in [-0.2, 0) is 0 Å². The number of aromatic amines is 1. The molecule has 0 aliphatic heterocycles. The van der Waals surface area contributed by atoms with Crippen LogP contribution in [0.3, 0.4) is 0 Å². The molecule has 0 radical (unpaired) electrons. The van der Waals surface area contributed by atoms with Crippen LogP contribution in [-0.4, -0.2) is 20.2 Å². The van der Waals surface area contributed by atoms with E-state index in [1.165, 1.54) is 12.8 Å². The lowest BCUT2D eigenvalue weighted by atomic mass is 10.2. The maximum absolute atomic E-state index is 5.99. The standard InChI is InChI=1S/C14H11Cl2N5/c15-8-3-4-9-11(5-8)17-14(16)19-13(9)18-12-6-10(20-21-12)7-1-2-7/h3-7H,1-2H2,(H2,17,18,19,20,21). The van der Waals surface area contributed by atoms with Gasteiger partial charge < -0.3 is 5.32 Å². The van der Waals surface area contributed by atoms with Crippen LogP contribution in [0.1, 0.15) is 24.5 Å². The summed E-state index contributed by atoms with van der Waals surface area (Å²) < 4.78 is 0. The third-order valence-electron chi connectivity index (χ3n) is 3.49. The van der Waals surface area contributed by atoms with Crippen LogP contribution < -0.4 is 5.32 Å². The molecule has 0 atom stereocenters. The number of hydrogen-bond acceptors (Lipinski definition) is 4. The SMILES string of the molecule is Clc1ccc2c(Nc3cc(C4CC4)[nH]n3)nc(Cl)nc2c1. The maximum Gasteiger partial charge on any atom is 0.224 e. The minimum absolute atomic E-state index is 0.171. The van der Waals surface area contributed by atoms with Crippen LogP contribution in [0.4, 0.5) is 11.6 Å². The molecule has 1 aliphatic rings. The van der Waals surface area contributed by atoms with Crippen molar-refractivity contribution in [2.45, 2.75) is 18.8 Å². The number of fused-ring (bicyclic) bond motifs is 1. The number of halogens is 2. The number of benzene rings is 1. The van der Waals surface area contributed by atoms with Gasteiger partial charge in [-0.2, -0.15) is 10.1 Å². The zero-order valence-electron chi connectivity index (χ0n) is 10.9. The molecule has 0 saturated heterocycles. The Bertz CT molecular complexity index is 820. The summed E-state index contributed by atoms with van der Waals surface area (Å²) in [5.41, 5.74) is 1.85. The second kappa shape index (κ2) is 4.86. The van der Waals surface area contributed by atoms with E-state index >= 15 is 0 Å². The summed E-state index contributed by atoms with van der Waals surface area (Å²) in [5, 5.41) is 12.1. The fourth-order valence-corrected chi connectivity index (χ4v) is 2.64. The van der Waals surface area contributed by atoms with E-state index in [9.17, 15) is 0 Å². The van der Waals surface area contributed by atoms with E-state index in [4.69, 9.17) is 23.2 Å². The first kappa shape index (κ1) is 12.9. The van der Waals surface area contributed by atoms with Gasteiger partial charge in [-0.3, -0.25) is 5.10 Å². The highest BCUT2D eigenvalue weighted by Gasteiger charge is 2.25. The van der Waals surface area contributed by atoms with Gasteiger partial charge in [-0.25, -0.2) is 4.98 Å². The number of hydrogen-bond donors (Lipinski definition) is 2. The first-order valence-corrected chi connectivity index (χ1v) is 7.40. The Hall–Kier alpha value is -1.85. The first-order valence-electron chi connectivity index (χ1n) is 6.64. The van der Waals surface area contributed by atoms with Crippen molar-refractivity contribution in [1.82, 2.24) is 20.2 Å². The molecule has 7 heteroatoms. The molecule has 2 N–H and O–H groups in total. The lowest BCUT2D eigenvalue weighted by Crippen LogP contribution is -1.97. The van der Waals surface area contributed by atoms with Crippen molar-refractivity contribution >= 4 is 45.7 Å². The third kappa shape index (κ3) is 2.54. The van der Waals surface area contributed by atoms with Gasteiger partial charge in [0, 0.05) is 28.1 Å². The van der Waals surface area contributed by atoms with Gasteiger partial charge >= 0.3 is 0 Å². The molecule has 106 valence electrons. The highest BCUT2D eigenvalue weighted by Crippen LogP contribution is 2.39. The molecule has 1 aliphatic carbocycles. The van der Waals surface area contributed by atoms with Crippen molar-refractivity contribution in [3.05, 3.63) is 40.3 Å². The molecule has 0 unspecified atom stereocenters. The number of H-pyrrole nitrogens is 1. The lowest BCUT2D eigenvalue weighted by Gasteiger charge is -2.06. The molecule has 4 rings (SSSR count). The van der Waals surface area contributed by atoms with Crippen molar-refractivity contribution < 1.29 is 0 Å². The highest BCUT2D eigenvalue weighted by atomic mass is 35.5. The van der Waals surface area contributed by atoms with E-state index in [0.717, 1.165) is 16.9 Å². The number of nitrogens with one attached hydrogen (secondary N) is 2. The molecule has 1 aromatic carbocycles. The molecule has 21 heavy (non-hydrogen) atoms. The largest absolute Gasteiger partial charge is 0.323 e. The Morgan fingerprint density at radius 2 is 2.00 bits per heavy atom. The van der Waals surface area contributed by atoms with Gasteiger partial charge in [0.2, 0.25) is 5.28 Å². The van der Waals surface area contributed by atoms with Gasteiger partial charge in [0.05, 0.1) is 5.52 Å². The molecular weight excluding hydrogens is 309 g/mol. The number of rotatable bonds is 3. The number of nitrogens with zero attached hydrogens (tertiary/aromatic N) is 3. The van der Waals surface area contributed by atoms with Crippen LogP contribution in [0.2, 0.25) is 10.3 Å². The summed E-state index contributed by atoms with van der Waals surface area (Å²) in [7, 11) is 0. The summed E-state index contributed by atoms with van der Waals surface area (Å²) in [6.07, 6.45) is 2.45. The molecular formula is C14H11Cl2N5. The van der Waals surface area contributed by atoms with Crippen molar-refractivity contribution in [2.24, 2.45) is 0 Å². The Labute approximate surface area is 130 Å². The predicted octanol–water partition coefficient (Wildman–Crippen LogP) is 4.28. The van der Waals surface area contributed by atoms with Gasteiger partial charge in [-0.1, -0.05) is 11.6 Å². The van der Waals surface area contributed by atoms with E-state index in [1.54, 1.807) is 12.1 Å². The Morgan fingerprint density at radius 3 is 2.81 bits per heavy atom. The lowest BCUT2D eigenvalue weighted by molar-refractivity contribution is 0.966. The van der Waals surface area contributed by atoms with E-state index < -0.39 is 0 Å². The molecule has 3 aromatic rings. The summed E-state index contributed by atoms with van der Waals surface area (Å²) >= 11 is 12.0. The second-order valence-electron chi connectivity index (χ2n) is 5.11. The van der Waals surface area contributed by atoms with Crippen molar-refractivity contribution in [3.8, 4) is 0 Å². The summed E-state index contributed by atoms with van der Waals surface area (Å²) in [6, 6.07) is 7.43. The molecule has 0 bridgehead atoms. The van der Waals surface area contributed by atoms with E-state index in [-0.39, 0.29) is 5.28 Å². The minimum Gasteiger partial charge on any atom is -0.323 e. The first-order chi connectivity index (χ1) is 10.2. The minimum atomic E-state index is 0.171. The second-order valence-corrected chi connectivity index (χ2v) is 5.89. The fraction of sp³-hybridized carbons (Fsp3) is 0.214. The van der Waals surface area contributed by atoms with Crippen molar-refractivity contribution in [3.63, 3.8) is 0 Å². The summed E-state index contributed by atoms with van der Waals surface area (Å²) in [6.45, 7) is 0. The van der Waals surface area contributed by atoms with Gasteiger partial charge in [0.25, 0.3) is 0 Å². The molecule has 0 spiro atoms. The molecule has 2 aromatic heterocycles. The number of aromatic nitrogens is 4. The maximum atomic E-state index is 5.99. The fourth-order valence-electron chi connectivity index (χ4n) is 2.30. The summed E-state index contributed by atoms with van der Waals surface area (Å²) in [5.74, 6) is 1.97. The topological polar surface area (TPSA) is 66.5 Å². The molecule has 2 heterocycles. The predicted molar refractivity (Wildman–Crippen MR) is 83.4 cm³/mol. The van der Waals surface area contributed by atoms with Gasteiger partial charge in [0.15, 0.2) is 5.82 Å². The Kier molecular flexibility index (Phi) is 2.97. The van der Waals surface area contributed by atoms with E-state index in [0.29, 0.717) is 22.3 Å². The van der Waals surface area contributed by atoms with E-state index in [1.807, 2.05) is 12.1 Å². The zero-order chi connectivity index (χ0) is 14.4. The van der Waals surface area contributed by atoms with Crippen molar-refractivity contribution in [1.29, 1.82) is 0 Å². The molecule has 1 saturated carbocycles. The van der Waals surface area contributed by atoms with Gasteiger partial charge in [-0.05, 0) is 42.6 Å². The molecule has 5 nitrogen and oxygen atoms in total. The monoisotopic (exact) mass is 319 g/mol. The summed E-state index contributed by atoms with van der Waals surface area (Å²) in [4.78, 5) is 8.43. The Balaban J connectivity index is 1.74. The Morgan fingerprint density at radius 1 is 1.14 bits per heavy atom. The van der Waals surface area contributed by atoms with Crippen LogP contribution >= 0.6 is 23.2 Å². The highest BCUT2D eigenvalue weighted by molar-refractivity contribution is 6.31. The normalized spacial score (nSPS) is 14.6. The van der Waals surface area contributed by atoms with Crippen LogP contribution in [0.15, 0.2) is 24.3 Å². The van der Waals surface area contributed by atoms with Gasteiger partial charge in [-0.15, -0.1) is 0 Å². The zero-order valence-corrected chi connectivity index (χ0v) is 12.4. The molecule has 0 amide bonds. The molecule has 1 fully saturated rings. The average molecular weight is 320 g/mol. The smallest absolute Gasteiger partial charge is 0.224 e. The number of anilines is 2. The van der Waals surface area contributed by atoms with Gasteiger partial charge in [0.1, 0.15) is 5.82 Å². The van der Waals surface area contributed by atoms with Crippen LogP contribution in [0.5, 0.6) is 0 Å². The van der Waals surface area contributed by atoms with Crippen LogP contribution in [0.25, 0.3) is 10.9 Å². The third-order valence-corrected chi connectivity index (χ3v) is 3.90.